The van der Waals surface area contributed by atoms with Gasteiger partial charge in [-0.3, -0.25) is 24.4 Å². The summed E-state index contributed by atoms with van der Waals surface area (Å²) < 4.78 is 0. The van der Waals surface area contributed by atoms with E-state index in [1.54, 1.807) is 24.3 Å². The van der Waals surface area contributed by atoms with E-state index in [2.05, 4.69) is 10.6 Å². The standard InChI is InChI=1S/C22H33N3O5/c1-6-7-8-17(13-25(30)14-26)21(29)24-20(22(3,4)5)19(28)16-9-11-18(12-10-16)23-15(2)27/h9-12,14,17,20,30H,6-8,13H2,1-5H3,(H,23,27)(H,24,29). The average Bonchev–Trinajstić information content (AvgIpc) is 2.67. The van der Waals surface area contributed by atoms with Crippen molar-refractivity contribution in [3.63, 3.8) is 0 Å². The lowest BCUT2D eigenvalue weighted by molar-refractivity contribution is -0.154. The molecule has 0 heterocycles. The van der Waals surface area contributed by atoms with Crippen molar-refractivity contribution in [1.29, 1.82) is 0 Å². The van der Waals surface area contributed by atoms with Gasteiger partial charge in [-0.2, -0.15) is 0 Å². The van der Waals surface area contributed by atoms with Crippen molar-refractivity contribution in [3.05, 3.63) is 29.8 Å². The maximum absolute atomic E-state index is 13.2. The first-order valence-corrected chi connectivity index (χ1v) is 10.1. The quantitative estimate of drug-likeness (QED) is 0.221. The van der Waals surface area contributed by atoms with Crippen molar-refractivity contribution < 1.29 is 24.4 Å². The molecule has 1 aromatic rings. The zero-order valence-electron chi connectivity index (χ0n) is 18.4. The van der Waals surface area contributed by atoms with Gasteiger partial charge in [0, 0.05) is 18.2 Å². The highest BCUT2D eigenvalue weighted by atomic mass is 16.5. The van der Waals surface area contributed by atoms with E-state index in [0.717, 1.165) is 12.8 Å². The van der Waals surface area contributed by atoms with E-state index < -0.39 is 17.4 Å². The summed E-state index contributed by atoms with van der Waals surface area (Å²) in [6.07, 6.45) is 2.36. The molecule has 0 aliphatic carbocycles. The number of benzene rings is 1. The van der Waals surface area contributed by atoms with Crippen LogP contribution in [0.25, 0.3) is 0 Å². The number of carbonyl (C=O) groups is 4. The number of nitrogens with zero attached hydrogens (tertiary/aromatic N) is 1. The summed E-state index contributed by atoms with van der Waals surface area (Å²) in [7, 11) is 0. The number of anilines is 1. The van der Waals surface area contributed by atoms with Gasteiger partial charge < -0.3 is 10.6 Å². The first kappa shape index (κ1) is 25.3. The molecule has 3 amide bonds. The SMILES string of the molecule is CCCCC(CN(O)C=O)C(=O)NC(C(=O)c1ccc(NC(C)=O)cc1)C(C)(C)C. The molecule has 2 atom stereocenters. The van der Waals surface area contributed by atoms with Crippen LogP contribution in [0.1, 0.15) is 64.2 Å². The molecule has 0 aliphatic heterocycles. The Morgan fingerprint density at radius 1 is 1.17 bits per heavy atom. The number of carbonyl (C=O) groups excluding carboxylic acids is 4. The average molecular weight is 420 g/mol. The molecule has 2 unspecified atom stereocenters. The predicted octanol–water partition coefficient (Wildman–Crippen LogP) is 3.01. The molecule has 0 spiro atoms. The van der Waals surface area contributed by atoms with Crippen LogP contribution in [0.2, 0.25) is 0 Å². The van der Waals surface area contributed by atoms with Crippen molar-refractivity contribution in [2.45, 2.75) is 59.9 Å². The first-order valence-electron chi connectivity index (χ1n) is 10.1. The van der Waals surface area contributed by atoms with Crippen LogP contribution in [-0.2, 0) is 14.4 Å². The Hall–Kier alpha value is -2.74. The third-order valence-electron chi connectivity index (χ3n) is 4.71. The second-order valence-corrected chi connectivity index (χ2v) is 8.50. The van der Waals surface area contributed by atoms with Gasteiger partial charge in [0.05, 0.1) is 18.5 Å². The van der Waals surface area contributed by atoms with Crippen LogP contribution in [-0.4, -0.2) is 46.9 Å². The summed E-state index contributed by atoms with van der Waals surface area (Å²) in [5.41, 5.74) is 0.417. The van der Waals surface area contributed by atoms with Crippen molar-refractivity contribution in [2.24, 2.45) is 11.3 Å². The van der Waals surface area contributed by atoms with E-state index in [0.29, 0.717) is 22.7 Å². The van der Waals surface area contributed by atoms with Crippen LogP contribution >= 0.6 is 0 Å². The summed E-state index contributed by atoms with van der Waals surface area (Å²) in [6.45, 7) is 8.81. The highest BCUT2D eigenvalue weighted by molar-refractivity contribution is 6.03. The lowest BCUT2D eigenvalue weighted by Crippen LogP contribution is -2.52. The number of ketones is 1. The Balaban J connectivity index is 3.04. The van der Waals surface area contributed by atoms with Gasteiger partial charge in [0.25, 0.3) is 0 Å². The van der Waals surface area contributed by atoms with Crippen LogP contribution in [0.5, 0.6) is 0 Å². The molecule has 8 nitrogen and oxygen atoms in total. The number of hydrogen-bond donors (Lipinski definition) is 3. The predicted molar refractivity (Wildman–Crippen MR) is 114 cm³/mol. The minimum atomic E-state index is -0.802. The molecule has 3 N–H and O–H groups in total. The Morgan fingerprint density at radius 2 is 1.77 bits per heavy atom. The fourth-order valence-electron chi connectivity index (χ4n) is 3.05. The van der Waals surface area contributed by atoms with E-state index in [4.69, 9.17) is 0 Å². The summed E-state index contributed by atoms with van der Waals surface area (Å²) in [5, 5.41) is 15.5. The molecule has 0 saturated heterocycles. The van der Waals surface area contributed by atoms with E-state index in [-0.39, 0.29) is 30.6 Å². The summed E-state index contributed by atoms with van der Waals surface area (Å²) in [4.78, 5) is 48.0. The molecule has 0 fully saturated rings. The molecule has 1 aromatic carbocycles. The summed E-state index contributed by atoms with van der Waals surface area (Å²) in [6, 6.07) is 5.68. The number of hydroxylamine groups is 2. The minimum absolute atomic E-state index is 0.133. The van der Waals surface area contributed by atoms with Crippen LogP contribution in [0.3, 0.4) is 0 Å². The van der Waals surface area contributed by atoms with Gasteiger partial charge >= 0.3 is 0 Å². The molecule has 0 radical (unpaired) electrons. The number of nitrogens with one attached hydrogen (secondary N) is 2. The zero-order chi connectivity index (χ0) is 22.9. The largest absolute Gasteiger partial charge is 0.345 e. The van der Waals surface area contributed by atoms with Crippen LogP contribution in [0.4, 0.5) is 5.69 Å². The van der Waals surface area contributed by atoms with Gasteiger partial charge in [-0.15, -0.1) is 0 Å². The van der Waals surface area contributed by atoms with Gasteiger partial charge in [0.15, 0.2) is 5.78 Å². The van der Waals surface area contributed by atoms with Crippen LogP contribution < -0.4 is 10.6 Å². The monoisotopic (exact) mass is 419 g/mol. The highest BCUT2D eigenvalue weighted by Crippen LogP contribution is 2.24. The molecular weight excluding hydrogens is 386 g/mol. The van der Waals surface area contributed by atoms with Gasteiger partial charge in [-0.05, 0) is 36.1 Å². The van der Waals surface area contributed by atoms with Gasteiger partial charge in [0.2, 0.25) is 18.2 Å². The summed E-state index contributed by atoms with van der Waals surface area (Å²) in [5.74, 6) is -1.47. The molecule has 1 rings (SSSR count). The van der Waals surface area contributed by atoms with Crippen molar-refractivity contribution >= 4 is 29.7 Å². The molecule has 0 saturated carbocycles. The third-order valence-corrected chi connectivity index (χ3v) is 4.71. The molecule has 30 heavy (non-hydrogen) atoms. The van der Waals surface area contributed by atoms with Crippen LogP contribution in [0.15, 0.2) is 24.3 Å². The Kier molecular flexibility index (Phi) is 9.65. The lowest BCUT2D eigenvalue weighted by Gasteiger charge is -2.32. The number of hydrogen-bond acceptors (Lipinski definition) is 5. The molecular formula is C22H33N3O5. The van der Waals surface area contributed by atoms with Crippen LogP contribution in [0, 0.1) is 11.3 Å². The maximum atomic E-state index is 13.2. The van der Waals surface area contributed by atoms with Crippen molar-refractivity contribution in [3.8, 4) is 0 Å². The Labute approximate surface area is 178 Å². The van der Waals surface area contributed by atoms with Gasteiger partial charge in [0.1, 0.15) is 0 Å². The number of Topliss-reactive ketones (excluding diaryl/α,β-unsaturated/α-hetero) is 1. The lowest BCUT2D eigenvalue weighted by atomic mass is 9.81. The Morgan fingerprint density at radius 3 is 2.23 bits per heavy atom. The van der Waals surface area contributed by atoms with E-state index >= 15 is 0 Å². The molecule has 0 aliphatic rings. The molecule has 0 aromatic heterocycles. The molecule has 0 bridgehead atoms. The summed E-state index contributed by atoms with van der Waals surface area (Å²) >= 11 is 0. The fraction of sp³-hybridized carbons (Fsp3) is 0.545. The highest BCUT2D eigenvalue weighted by Gasteiger charge is 2.35. The zero-order valence-corrected chi connectivity index (χ0v) is 18.4. The second-order valence-electron chi connectivity index (χ2n) is 8.50. The number of amides is 3. The van der Waals surface area contributed by atoms with E-state index in [9.17, 15) is 24.4 Å². The van der Waals surface area contributed by atoms with E-state index in [1.807, 2.05) is 27.7 Å². The Bertz CT molecular complexity index is 740. The van der Waals surface area contributed by atoms with E-state index in [1.165, 1.54) is 6.92 Å². The molecule has 8 heteroatoms. The number of unbranched alkanes of at least 4 members (excludes halogenated alkanes) is 1. The topological polar surface area (TPSA) is 116 Å². The molecule has 166 valence electrons. The number of rotatable bonds is 11. The first-order chi connectivity index (χ1) is 14.0. The second kappa shape index (κ2) is 11.4. The maximum Gasteiger partial charge on any atom is 0.233 e. The normalized spacial score (nSPS) is 13.1. The smallest absolute Gasteiger partial charge is 0.233 e. The minimum Gasteiger partial charge on any atom is -0.345 e. The van der Waals surface area contributed by atoms with Gasteiger partial charge in [-0.1, -0.05) is 40.5 Å². The fourth-order valence-corrected chi connectivity index (χ4v) is 3.05. The van der Waals surface area contributed by atoms with Gasteiger partial charge in [-0.25, -0.2) is 5.06 Å². The van der Waals surface area contributed by atoms with Crippen molar-refractivity contribution in [2.75, 3.05) is 11.9 Å². The third kappa shape index (κ3) is 7.94. The van der Waals surface area contributed by atoms with Crippen molar-refractivity contribution in [1.82, 2.24) is 10.4 Å².